The molecule has 0 atom stereocenters. The third-order valence-electron chi connectivity index (χ3n) is 4.78. The number of carbonyl (C=O) groups is 1. The van der Waals surface area contributed by atoms with Gasteiger partial charge in [-0.2, -0.15) is 0 Å². The molecule has 3 rings (SSSR count). The van der Waals surface area contributed by atoms with E-state index < -0.39 is 0 Å². The number of pyridine rings is 2. The third-order valence-corrected chi connectivity index (χ3v) is 5.22. The molecule has 0 N–H and O–H groups in total. The van der Waals surface area contributed by atoms with E-state index in [1.165, 1.54) is 0 Å². The molecule has 1 aliphatic rings. The van der Waals surface area contributed by atoms with Gasteiger partial charge in [0, 0.05) is 49.0 Å². The van der Waals surface area contributed by atoms with Crippen molar-refractivity contribution in [1.82, 2.24) is 14.9 Å². The van der Waals surface area contributed by atoms with Crippen LogP contribution in [0.3, 0.4) is 0 Å². The van der Waals surface area contributed by atoms with Crippen molar-refractivity contribution in [3.63, 3.8) is 0 Å². The van der Waals surface area contributed by atoms with E-state index >= 15 is 0 Å². The molecule has 0 spiro atoms. The molecule has 2 aromatic heterocycles. The van der Waals surface area contributed by atoms with Crippen LogP contribution in [-0.2, 0) is 4.79 Å². The van der Waals surface area contributed by atoms with Crippen LogP contribution in [0.1, 0.15) is 26.7 Å². The molecule has 5 nitrogen and oxygen atoms in total. The largest absolute Gasteiger partial charge is 0.370 e. The van der Waals surface area contributed by atoms with Crippen LogP contribution in [0.5, 0.6) is 0 Å². The molecule has 128 valence electrons. The summed E-state index contributed by atoms with van der Waals surface area (Å²) in [6.07, 6.45) is 5.44. The molecule has 0 radical (unpaired) electrons. The molecule has 1 aliphatic heterocycles. The van der Waals surface area contributed by atoms with Gasteiger partial charge in [-0.15, -0.1) is 0 Å². The highest BCUT2D eigenvalue weighted by atomic mass is 79.9. The van der Waals surface area contributed by atoms with E-state index in [9.17, 15) is 4.79 Å². The molecule has 0 unspecified atom stereocenters. The maximum absolute atomic E-state index is 12.5. The molecule has 1 amide bonds. The molecule has 0 aliphatic carbocycles. The zero-order valence-electron chi connectivity index (χ0n) is 14.2. The highest BCUT2D eigenvalue weighted by molar-refractivity contribution is 9.10. The first-order valence-corrected chi connectivity index (χ1v) is 9.37. The summed E-state index contributed by atoms with van der Waals surface area (Å²) < 4.78 is 0.933. The molecule has 0 saturated carbocycles. The van der Waals surface area contributed by atoms with Crippen LogP contribution in [0.2, 0.25) is 0 Å². The average Bonchev–Trinajstić information content (AvgIpc) is 2.62. The normalized spacial score (nSPS) is 15.7. The fraction of sp³-hybridized carbons (Fsp3) is 0.500. The van der Waals surface area contributed by atoms with E-state index in [1.807, 2.05) is 43.3 Å². The van der Waals surface area contributed by atoms with Crippen molar-refractivity contribution in [2.75, 3.05) is 31.1 Å². The van der Waals surface area contributed by atoms with E-state index in [1.54, 1.807) is 0 Å². The molecular formula is C18H23BrN4O. The number of hydrogen-bond acceptors (Lipinski definition) is 4. The number of carbonyl (C=O) groups excluding carboxylic acids is 1. The van der Waals surface area contributed by atoms with Gasteiger partial charge in [0.05, 0.1) is 11.2 Å². The van der Waals surface area contributed by atoms with Crippen LogP contribution in [-0.4, -0.2) is 47.0 Å². The van der Waals surface area contributed by atoms with Crippen LogP contribution >= 0.6 is 15.9 Å². The summed E-state index contributed by atoms with van der Waals surface area (Å²) >= 11 is 3.45. The zero-order valence-corrected chi connectivity index (χ0v) is 15.8. The van der Waals surface area contributed by atoms with Gasteiger partial charge in [-0.25, -0.2) is 0 Å². The smallest absolute Gasteiger partial charge is 0.225 e. The predicted molar refractivity (Wildman–Crippen MR) is 100 cm³/mol. The first-order chi connectivity index (χ1) is 11.6. The van der Waals surface area contributed by atoms with Crippen molar-refractivity contribution in [3.05, 3.63) is 29.0 Å². The maximum atomic E-state index is 12.5. The zero-order chi connectivity index (χ0) is 17.1. The molecule has 1 fully saturated rings. The van der Waals surface area contributed by atoms with E-state index in [4.69, 9.17) is 0 Å². The number of anilines is 1. The van der Waals surface area contributed by atoms with Crippen LogP contribution in [0.15, 0.2) is 29.0 Å². The fourth-order valence-electron chi connectivity index (χ4n) is 3.41. The Morgan fingerprint density at radius 1 is 1.29 bits per heavy atom. The van der Waals surface area contributed by atoms with Gasteiger partial charge in [0.1, 0.15) is 5.52 Å². The Morgan fingerprint density at radius 2 is 2.00 bits per heavy atom. The lowest BCUT2D eigenvalue weighted by molar-refractivity contribution is -0.135. The number of rotatable bonds is 4. The van der Waals surface area contributed by atoms with Gasteiger partial charge in [0.2, 0.25) is 5.91 Å². The number of halogens is 1. The summed E-state index contributed by atoms with van der Waals surface area (Å²) in [6, 6.07) is 4.01. The molecule has 6 heteroatoms. The van der Waals surface area contributed by atoms with Crippen LogP contribution < -0.4 is 4.90 Å². The number of nitrogens with zero attached hydrogens (tertiary/aromatic N) is 4. The summed E-state index contributed by atoms with van der Waals surface area (Å²) in [6.45, 7) is 7.45. The SMILES string of the molecule is CCN(CC)C(=O)C1CCN(c2ccnc3cc(Br)cnc23)CC1. The molecule has 1 saturated heterocycles. The van der Waals surface area contributed by atoms with Gasteiger partial charge in [0.25, 0.3) is 0 Å². The Balaban J connectivity index is 1.75. The minimum absolute atomic E-state index is 0.149. The van der Waals surface area contributed by atoms with Crippen molar-refractivity contribution >= 4 is 38.6 Å². The Bertz CT molecular complexity index is 724. The molecule has 0 bridgehead atoms. The summed E-state index contributed by atoms with van der Waals surface area (Å²) in [5.41, 5.74) is 2.93. The van der Waals surface area contributed by atoms with Crippen molar-refractivity contribution in [2.24, 2.45) is 5.92 Å². The molecule has 3 heterocycles. The van der Waals surface area contributed by atoms with Crippen LogP contribution in [0.4, 0.5) is 5.69 Å². The first-order valence-electron chi connectivity index (χ1n) is 8.58. The average molecular weight is 391 g/mol. The second kappa shape index (κ2) is 7.47. The number of fused-ring (bicyclic) bond motifs is 1. The van der Waals surface area contributed by atoms with Crippen molar-refractivity contribution in [3.8, 4) is 0 Å². The molecule has 2 aromatic rings. The Morgan fingerprint density at radius 3 is 2.67 bits per heavy atom. The lowest BCUT2D eigenvalue weighted by atomic mass is 9.94. The lowest BCUT2D eigenvalue weighted by Gasteiger charge is -2.35. The van der Waals surface area contributed by atoms with Gasteiger partial charge in [0.15, 0.2) is 0 Å². The van der Waals surface area contributed by atoms with Gasteiger partial charge in [-0.1, -0.05) is 0 Å². The van der Waals surface area contributed by atoms with Crippen molar-refractivity contribution in [2.45, 2.75) is 26.7 Å². The quantitative estimate of drug-likeness (QED) is 0.801. The van der Waals surface area contributed by atoms with E-state index in [-0.39, 0.29) is 5.92 Å². The third kappa shape index (κ3) is 3.38. The maximum Gasteiger partial charge on any atom is 0.225 e. The van der Waals surface area contributed by atoms with E-state index in [0.29, 0.717) is 5.91 Å². The van der Waals surface area contributed by atoms with Gasteiger partial charge in [-0.3, -0.25) is 14.8 Å². The molecular weight excluding hydrogens is 368 g/mol. The summed E-state index contributed by atoms with van der Waals surface area (Å²) in [4.78, 5) is 25.8. The summed E-state index contributed by atoms with van der Waals surface area (Å²) in [5.74, 6) is 0.456. The number of amides is 1. The Labute approximate surface area is 151 Å². The van der Waals surface area contributed by atoms with Crippen molar-refractivity contribution < 1.29 is 4.79 Å². The first kappa shape index (κ1) is 17.1. The lowest BCUT2D eigenvalue weighted by Crippen LogP contribution is -2.42. The number of piperidine rings is 1. The molecule has 24 heavy (non-hydrogen) atoms. The van der Waals surface area contributed by atoms with E-state index in [2.05, 4.69) is 30.8 Å². The monoisotopic (exact) mass is 390 g/mol. The van der Waals surface area contributed by atoms with Crippen LogP contribution in [0.25, 0.3) is 11.0 Å². The van der Waals surface area contributed by atoms with E-state index in [0.717, 1.165) is 60.2 Å². The molecule has 0 aromatic carbocycles. The van der Waals surface area contributed by atoms with Crippen LogP contribution in [0, 0.1) is 5.92 Å². The topological polar surface area (TPSA) is 49.3 Å². The highest BCUT2D eigenvalue weighted by Crippen LogP contribution is 2.29. The minimum Gasteiger partial charge on any atom is -0.370 e. The fourth-order valence-corrected chi connectivity index (χ4v) is 3.73. The van der Waals surface area contributed by atoms with Crippen molar-refractivity contribution in [1.29, 1.82) is 0 Å². The van der Waals surface area contributed by atoms with Gasteiger partial charge < -0.3 is 9.80 Å². The summed E-state index contributed by atoms with van der Waals surface area (Å²) in [7, 11) is 0. The minimum atomic E-state index is 0.149. The standard InChI is InChI=1S/C18H23BrN4O/c1-3-22(4-2)18(24)13-6-9-23(10-7-13)16-5-8-20-15-11-14(19)12-21-17(15)16/h5,8,11-13H,3-4,6-7,9-10H2,1-2H3. The highest BCUT2D eigenvalue weighted by Gasteiger charge is 2.28. The van der Waals surface area contributed by atoms with Gasteiger partial charge in [-0.05, 0) is 54.8 Å². The Kier molecular flexibility index (Phi) is 5.33. The number of aromatic nitrogens is 2. The predicted octanol–water partition coefficient (Wildman–Crippen LogP) is 3.48. The summed E-state index contributed by atoms with van der Waals surface area (Å²) in [5, 5.41) is 0. The second-order valence-electron chi connectivity index (χ2n) is 6.12. The Hall–Kier alpha value is -1.69. The second-order valence-corrected chi connectivity index (χ2v) is 7.04. The number of hydrogen-bond donors (Lipinski definition) is 0. The van der Waals surface area contributed by atoms with Gasteiger partial charge >= 0.3 is 0 Å².